The van der Waals surface area contributed by atoms with Crippen LogP contribution in [0.15, 0.2) is 66.7 Å². The van der Waals surface area contributed by atoms with Gasteiger partial charge in [0, 0.05) is 25.2 Å². The lowest BCUT2D eigenvalue weighted by Crippen LogP contribution is -2.33. The van der Waals surface area contributed by atoms with Crippen molar-refractivity contribution in [3.8, 4) is 40.2 Å². The zero-order valence-corrected chi connectivity index (χ0v) is 27.6. The summed E-state index contributed by atoms with van der Waals surface area (Å²) in [6, 6.07) is 22.6. The molecule has 46 heavy (non-hydrogen) atoms. The van der Waals surface area contributed by atoms with Crippen LogP contribution in [0.25, 0.3) is 0 Å². The van der Waals surface area contributed by atoms with Crippen molar-refractivity contribution in [2.45, 2.75) is 37.8 Å². The highest BCUT2D eigenvalue weighted by Crippen LogP contribution is 2.41. The Labute approximate surface area is 272 Å². The third-order valence-corrected chi connectivity index (χ3v) is 9.57. The van der Waals surface area contributed by atoms with E-state index in [1.54, 1.807) is 34.5 Å². The molecular formula is C38H44N2O6. The number of nitrogens with zero attached hydrogens (tertiary/aromatic N) is 2. The summed E-state index contributed by atoms with van der Waals surface area (Å²) in [5.74, 6) is 4.25. The molecule has 242 valence electrons. The van der Waals surface area contributed by atoms with Crippen LogP contribution in [0.4, 0.5) is 0 Å². The van der Waals surface area contributed by atoms with Crippen LogP contribution in [0, 0.1) is 0 Å². The largest absolute Gasteiger partial charge is 0.504 e. The third kappa shape index (κ3) is 6.32. The molecule has 0 saturated carbocycles. The second-order valence-corrected chi connectivity index (χ2v) is 12.3. The summed E-state index contributed by atoms with van der Waals surface area (Å²) in [6.07, 6.45) is 3.55. The fourth-order valence-electron chi connectivity index (χ4n) is 6.87. The SMILES string of the molecule is COc1cc2c(cc1OC)C(Cc1ccc(Oc3cc(CC4c5cc(OC)c(OC)cc5CCN4C)ccc3O)cc1)N(C)CC2. The predicted octanol–water partition coefficient (Wildman–Crippen LogP) is 6.76. The van der Waals surface area contributed by atoms with E-state index < -0.39 is 0 Å². The normalized spacial score (nSPS) is 18.0. The lowest BCUT2D eigenvalue weighted by molar-refractivity contribution is 0.227. The Morgan fingerprint density at radius 3 is 1.54 bits per heavy atom. The number of likely N-dealkylation sites (N-methyl/N-ethyl adjacent to an activating group) is 2. The van der Waals surface area contributed by atoms with E-state index in [0.29, 0.717) is 11.5 Å². The molecule has 2 unspecified atom stereocenters. The Bertz CT molecular complexity index is 1690. The number of aromatic hydroxyl groups is 1. The zero-order valence-electron chi connectivity index (χ0n) is 27.6. The predicted molar refractivity (Wildman–Crippen MR) is 179 cm³/mol. The van der Waals surface area contributed by atoms with Crippen molar-refractivity contribution in [2.75, 3.05) is 55.6 Å². The maximum atomic E-state index is 10.7. The molecular weight excluding hydrogens is 580 g/mol. The van der Waals surface area contributed by atoms with Crippen LogP contribution in [0.5, 0.6) is 40.2 Å². The van der Waals surface area contributed by atoms with Gasteiger partial charge in [0.25, 0.3) is 0 Å². The van der Waals surface area contributed by atoms with Crippen LogP contribution < -0.4 is 23.7 Å². The molecule has 8 nitrogen and oxygen atoms in total. The average molecular weight is 625 g/mol. The first-order chi connectivity index (χ1) is 22.3. The Morgan fingerprint density at radius 2 is 1.04 bits per heavy atom. The minimum absolute atomic E-state index is 0.112. The number of fused-ring (bicyclic) bond motifs is 2. The number of rotatable bonds is 10. The molecule has 4 aromatic rings. The molecule has 0 spiro atoms. The van der Waals surface area contributed by atoms with Crippen molar-refractivity contribution >= 4 is 0 Å². The van der Waals surface area contributed by atoms with Crippen LogP contribution in [0.2, 0.25) is 0 Å². The maximum Gasteiger partial charge on any atom is 0.169 e. The van der Waals surface area contributed by atoms with Crippen molar-refractivity contribution in [3.63, 3.8) is 0 Å². The van der Waals surface area contributed by atoms with Gasteiger partial charge in [-0.2, -0.15) is 0 Å². The molecule has 2 aliphatic rings. The van der Waals surface area contributed by atoms with Gasteiger partial charge in [0.1, 0.15) is 5.75 Å². The fraction of sp³-hybridized carbons (Fsp3) is 0.368. The smallest absolute Gasteiger partial charge is 0.169 e. The molecule has 0 saturated heterocycles. The second-order valence-electron chi connectivity index (χ2n) is 12.3. The van der Waals surface area contributed by atoms with Crippen LogP contribution in [-0.4, -0.2) is 70.5 Å². The van der Waals surface area contributed by atoms with Crippen LogP contribution >= 0.6 is 0 Å². The van der Waals surface area contributed by atoms with Gasteiger partial charge in [0.05, 0.1) is 28.4 Å². The van der Waals surface area contributed by atoms with E-state index in [0.717, 1.165) is 67.3 Å². The number of phenolic OH excluding ortho intramolecular Hbond substituents is 1. The summed E-state index contributed by atoms with van der Waals surface area (Å²) in [5.41, 5.74) is 7.38. The van der Waals surface area contributed by atoms with E-state index in [1.165, 1.54) is 27.8 Å². The highest BCUT2D eigenvalue weighted by molar-refractivity contribution is 5.52. The van der Waals surface area contributed by atoms with Gasteiger partial charge in [0.15, 0.2) is 34.5 Å². The molecule has 0 bridgehead atoms. The van der Waals surface area contributed by atoms with Crippen LogP contribution in [0.3, 0.4) is 0 Å². The molecule has 0 amide bonds. The van der Waals surface area contributed by atoms with Gasteiger partial charge in [-0.1, -0.05) is 18.2 Å². The van der Waals surface area contributed by atoms with Gasteiger partial charge >= 0.3 is 0 Å². The summed E-state index contributed by atoms with van der Waals surface area (Å²) >= 11 is 0. The van der Waals surface area contributed by atoms with E-state index >= 15 is 0 Å². The monoisotopic (exact) mass is 624 g/mol. The first kappa shape index (κ1) is 31.6. The summed E-state index contributed by atoms with van der Waals surface area (Å²) in [7, 11) is 11.0. The Kier molecular flexibility index (Phi) is 9.29. The van der Waals surface area contributed by atoms with Crippen LogP contribution in [0.1, 0.15) is 45.5 Å². The molecule has 2 aliphatic heterocycles. The number of benzene rings is 4. The molecule has 0 aromatic heterocycles. The van der Waals surface area contributed by atoms with Crippen molar-refractivity contribution in [1.82, 2.24) is 9.80 Å². The highest BCUT2D eigenvalue weighted by atomic mass is 16.5. The molecule has 6 rings (SSSR count). The lowest BCUT2D eigenvalue weighted by atomic mass is 9.88. The zero-order chi connectivity index (χ0) is 32.4. The lowest BCUT2D eigenvalue weighted by Gasteiger charge is -2.35. The molecule has 2 atom stereocenters. The van der Waals surface area contributed by atoms with Gasteiger partial charge in [-0.15, -0.1) is 0 Å². The van der Waals surface area contributed by atoms with Crippen molar-refractivity contribution in [3.05, 3.63) is 100 Å². The fourth-order valence-corrected chi connectivity index (χ4v) is 6.87. The minimum atomic E-state index is 0.112. The van der Waals surface area contributed by atoms with E-state index in [9.17, 15) is 5.11 Å². The quantitative estimate of drug-likeness (QED) is 0.208. The van der Waals surface area contributed by atoms with E-state index in [1.807, 2.05) is 24.3 Å². The molecule has 0 fully saturated rings. The first-order valence-electron chi connectivity index (χ1n) is 15.8. The topological polar surface area (TPSA) is 72.9 Å². The van der Waals surface area contributed by atoms with Crippen molar-refractivity contribution in [1.29, 1.82) is 0 Å². The van der Waals surface area contributed by atoms with E-state index in [-0.39, 0.29) is 17.8 Å². The minimum Gasteiger partial charge on any atom is -0.504 e. The summed E-state index contributed by atoms with van der Waals surface area (Å²) < 4.78 is 28.6. The number of methoxy groups -OCH3 is 4. The number of hydrogen-bond donors (Lipinski definition) is 1. The summed E-state index contributed by atoms with van der Waals surface area (Å²) in [6.45, 7) is 1.93. The van der Waals surface area contributed by atoms with E-state index in [4.69, 9.17) is 23.7 Å². The standard InChI is InChI=1S/C38H44N2O6/c1-39-15-13-26-20-35(42-3)37(44-5)22-29(26)31(39)17-24-7-10-28(11-8-24)46-34-19-25(9-12-33(34)41)18-32-30-23-38(45-6)36(43-4)21-27(30)14-16-40(32)2/h7-12,19-23,31-32,41H,13-18H2,1-6H3. The molecule has 0 radical (unpaired) electrons. The van der Waals surface area contributed by atoms with Gasteiger partial charge in [-0.05, 0) is 122 Å². The first-order valence-corrected chi connectivity index (χ1v) is 15.8. The van der Waals surface area contributed by atoms with Gasteiger partial charge in [-0.3, -0.25) is 9.80 Å². The average Bonchev–Trinajstić information content (AvgIpc) is 3.08. The molecule has 8 heteroatoms. The summed E-state index contributed by atoms with van der Waals surface area (Å²) in [5, 5.41) is 10.7. The Hall–Kier alpha value is -4.40. The van der Waals surface area contributed by atoms with Gasteiger partial charge < -0.3 is 28.8 Å². The van der Waals surface area contributed by atoms with Gasteiger partial charge in [0.2, 0.25) is 0 Å². The molecule has 4 aromatic carbocycles. The number of ether oxygens (including phenoxy) is 5. The van der Waals surface area contributed by atoms with Crippen LogP contribution in [-0.2, 0) is 25.7 Å². The van der Waals surface area contributed by atoms with Crippen molar-refractivity contribution < 1.29 is 28.8 Å². The van der Waals surface area contributed by atoms with E-state index in [2.05, 4.69) is 60.3 Å². The molecule has 0 aliphatic carbocycles. The van der Waals surface area contributed by atoms with Crippen molar-refractivity contribution in [2.24, 2.45) is 0 Å². The number of phenols is 1. The Morgan fingerprint density at radius 1 is 0.587 bits per heavy atom. The molecule has 1 N–H and O–H groups in total. The highest BCUT2D eigenvalue weighted by Gasteiger charge is 2.29. The maximum absolute atomic E-state index is 10.7. The summed E-state index contributed by atoms with van der Waals surface area (Å²) in [4.78, 5) is 4.77. The second kappa shape index (κ2) is 13.5. The Balaban J connectivity index is 1.18. The third-order valence-electron chi connectivity index (χ3n) is 9.57. The van der Waals surface area contributed by atoms with Gasteiger partial charge in [-0.25, -0.2) is 0 Å². The molecule has 2 heterocycles. The number of hydrogen-bond acceptors (Lipinski definition) is 8.